The summed E-state index contributed by atoms with van der Waals surface area (Å²) in [6.45, 7) is 0. The Labute approximate surface area is 116 Å². The Balaban J connectivity index is 2.19. The molecule has 1 aliphatic heterocycles. The van der Waals surface area contributed by atoms with Gasteiger partial charge >= 0.3 is 0 Å². The van der Waals surface area contributed by atoms with Crippen LogP contribution < -0.4 is 0 Å². The maximum Gasteiger partial charge on any atom is 0.155 e. The van der Waals surface area contributed by atoms with Crippen molar-refractivity contribution >= 4 is 20.9 Å². The molecule has 1 aromatic heterocycles. The van der Waals surface area contributed by atoms with Crippen molar-refractivity contribution in [2.45, 2.75) is 18.6 Å². The molecule has 3 rings (SSSR count). The quantitative estimate of drug-likeness (QED) is 0.865. The average molecular weight is 291 g/mol. The molecule has 0 saturated carbocycles. The minimum Gasteiger partial charge on any atom is -0.390 e. The summed E-state index contributed by atoms with van der Waals surface area (Å²) in [5.74, 6) is 0.137. The van der Waals surface area contributed by atoms with Crippen molar-refractivity contribution in [3.05, 3.63) is 30.1 Å². The lowest BCUT2D eigenvalue weighted by atomic mass is 10.2. The minimum atomic E-state index is -3.25. The van der Waals surface area contributed by atoms with Crippen LogP contribution in [0.15, 0.2) is 24.3 Å². The first kappa shape index (κ1) is 13.1. The van der Waals surface area contributed by atoms with Gasteiger partial charge in [-0.25, -0.2) is 13.4 Å². The number of rotatable bonds is 2. The fraction of sp³-hybridized carbons (Fsp3) is 0.385. The molecule has 104 valence electrons. The topological polar surface area (TPSA) is 96.0 Å². The summed E-state index contributed by atoms with van der Waals surface area (Å²) in [6.07, 6.45) is -0.882. The maximum absolute atomic E-state index is 11.7. The van der Waals surface area contributed by atoms with E-state index in [1.165, 1.54) is 0 Å². The highest BCUT2D eigenvalue weighted by Gasteiger charge is 2.39. The first-order chi connectivity index (χ1) is 9.52. The minimum absolute atomic E-state index is 0.0813. The van der Waals surface area contributed by atoms with E-state index in [9.17, 15) is 13.5 Å². The summed E-state index contributed by atoms with van der Waals surface area (Å²) in [5, 5.41) is 18.9. The zero-order chi connectivity index (χ0) is 14.3. The first-order valence-electron chi connectivity index (χ1n) is 6.23. The molecular formula is C13H13N3O3S. The van der Waals surface area contributed by atoms with Crippen molar-refractivity contribution in [3.63, 3.8) is 0 Å². The van der Waals surface area contributed by atoms with Gasteiger partial charge in [-0.15, -0.1) is 0 Å². The zero-order valence-corrected chi connectivity index (χ0v) is 11.4. The van der Waals surface area contributed by atoms with Gasteiger partial charge < -0.3 is 9.67 Å². The number of aliphatic hydroxyl groups excluding tert-OH is 1. The van der Waals surface area contributed by atoms with Crippen LogP contribution in [0.2, 0.25) is 0 Å². The van der Waals surface area contributed by atoms with Gasteiger partial charge in [0.15, 0.2) is 9.84 Å². The summed E-state index contributed by atoms with van der Waals surface area (Å²) in [6, 6.07) is 8.74. The summed E-state index contributed by atoms with van der Waals surface area (Å²) in [4.78, 5) is 4.36. The Morgan fingerprint density at radius 1 is 1.40 bits per heavy atom. The monoisotopic (exact) mass is 291 g/mol. The molecule has 0 aliphatic carbocycles. The largest absolute Gasteiger partial charge is 0.390 e. The molecule has 2 aromatic rings. The van der Waals surface area contributed by atoms with Crippen LogP contribution in [0.3, 0.4) is 0 Å². The van der Waals surface area contributed by atoms with Gasteiger partial charge in [-0.1, -0.05) is 12.1 Å². The van der Waals surface area contributed by atoms with E-state index < -0.39 is 22.0 Å². The maximum atomic E-state index is 11.7. The van der Waals surface area contributed by atoms with E-state index in [1.807, 2.05) is 30.3 Å². The molecule has 2 atom stereocenters. The van der Waals surface area contributed by atoms with Gasteiger partial charge in [-0.05, 0) is 12.1 Å². The highest BCUT2D eigenvalue weighted by Crippen LogP contribution is 2.30. The van der Waals surface area contributed by atoms with Crippen molar-refractivity contribution in [2.24, 2.45) is 0 Å². The third-order valence-electron chi connectivity index (χ3n) is 3.53. The molecule has 1 fully saturated rings. The van der Waals surface area contributed by atoms with Crippen molar-refractivity contribution in [1.82, 2.24) is 9.55 Å². The number of para-hydroxylation sites is 2. The molecule has 6 nitrogen and oxygen atoms in total. The second-order valence-corrected chi connectivity index (χ2v) is 7.09. The molecule has 20 heavy (non-hydrogen) atoms. The number of aliphatic hydroxyl groups is 1. The number of benzene rings is 1. The Kier molecular flexibility index (Phi) is 3.00. The highest BCUT2D eigenvalue weighted by atomic mass is 32.2. The number of nitrogens with zero attached hydrogens (tertiary/aromatic N) is 3. The first-order valence-corrected chi connectivity index (χ1v) is 8.05. The van der Waals surface area contributed by atoms with E-state index in [-0.39, 0.29) is 17.9 Å². The molecule has 2 heterocycles. The molecule has 2 unspecified atom stereocenters. The van der Waals surface area contributed by atoms with Crippen molar-refractivity contribution in [3.8, 4) is 6.07 Å². The van der Waals surface area contributed by atoms with Gasteiger partial charge in [-0.3, -0.25) is 0 Å². The van der Waals surface area contributed by atoms with Gasteiger partial charge in [0.05, 0.1) is 47.2 Å². The van der Waals surface area contributed by atoms with Crippen molar-refractivity contribution in [2.75, 3.05) is 11.5 Å². The van der Waals surface area contributed by atoms with Gasteiger partial charge in [0.2, 0.25) is 0 Å². The van der Waals surface area contributed by atoms with E-state index in [0.29, 0.717) is 11.3 Å². The Bertz CT molecular complexity index is 804. The molecule has 0 radical (unpaired) electrons. The molecular weight excluding hydrogens is 278 g/mol. The summed E-state index contributed by atoms with van der Waals surface area (Å²) in [7, 11) is -3.25. The number of hydrogen-bond acceptors (Lipinski definition) is 5. The van der Waals surface area contributed by atoms with E-state index in [0.717, 1.165) is 5.52 Å². The van der Waals surface area contributed by atoms with Crippen LogP contribution in [-0.4, -0.2) is 40.7 Å². The molecule has 0 bridgehead atoms. The Hall–Kier alpha value is -1.91. The lowest BCUT2D eigenvalue weighted by Crippen LogP contribution is -2.23. The third kappa shape index (κ3) is 2.07. The van der Waals surface area contributed by atoms with Gasteiger partial charge in [0.25, 0.3) is 0 Å². The number of fused-ring (bicyclic) bond motifs is 1. The lowest BCUT2D eigenvalue weighted by Gasteiger charge is -2.18. The number of sulfone groups is 1. The van der Waals surface area contributed by atoms with Gasteiger partial charge in [0.1, 0.15) is 5.82 Å². The molecule has 7 heteroatoms. The zero-order valence-electron chi connectivity index (χ0n) is 10.6. The lowest BCUT2D eigenvalue weighted by molar-refractivity contribution is 0.153. The van der Waals surface area contributed by atoms with E-state index in [4.69, 9.17) is 5.26 Å². The van der Waals surface area contributed by atoms with Crippen LogP contribution >= 0.6 is 0 Å². The normalized spacial score (nSPS) is 24.8. The molecule has 1 saturated heterocycles. The number of imidazole rings is 1. The van der Waals surface area contributed by atoms with Crippen molar-refractivity contribution in [1.29, 1.82) is 5.26 Å². The number of aromatic nitrogens is 2. The summed E-state index contributed by atoms with van der Waals surface area (Å²) in [5.41, 5.74) is 1.45. The summed E-state index contributed by atoms with van der Waals surface area (Å²) >= 11 is 0. The molecule has 0 spiro atoms. The Morgan fingerprint density at radius 3 is 2.80 bits per heavy atom. The molecule has 1 aromatic carbocycles. The third-order valence-corrected chi connectivity index (χ3v) is 5.23. The number of nitriles is 1. The van der Waals surface area contributed by atoms with E-state index in [2.05, 4.69) is 4.98 Å². The predicted molar refractivity (Wildman–Crippen MR) is 72.7 cm³/mol. The van der Waals surface area contributed by atoms with Crippen LogP contribution in [0.25, 0.3) is 11.0 Å². The standard InChI is InChI=1S/C13H13N3O3S/c14-6-5-13-15-9-3-1-2-4-10(9)16(13)11-7-20(18,19)8-12(11)17/h1-4,11-12,17H,5,7-8H2. The van der Waals surface area contributed by atoms with Crippen LogP contribution in [0.4, 0.5) is 0 Å². The van der Waals surface area contributed by atoms with E-state index in [1.54, 1.807) is 4.57 Å². The smallest absolute Gasteiger partial charge is 0.155 e. The second kappa shape index (κ2) is 4.58. The van der Waals surface area contributed by atoms with Gasteiger partial charge in [0, 0.05) is 0 Å². The SMILES string of the molecule is N#CCc1nc2ccccc2n1C1CS(=O)(=O)CC1O. The van der Waals surface area contributed by atoms with Crippen LogP contribution in [0.1, 0.15) is 11.9 Å². The van der Waals surface area contributed by atoms with Crippen LogP contribution in [0, 0.1) is 11.3 Å². The average Bonchev–Trinajstić information content (AvgIpc) is 2.86. The van der Waals surface area contributed by atoms with Crippen molar-refractivity contribution < 1.29 is 13.5 Å². The molecule has 1 N–H and O–H groups in total. The number of hydrogen-bond donors (Lipinski definition) is 1. The molecule has 0 amide bonds. The van der Waals surface area contributed by atoms with Gasteiger partial charge in [-0.2, -0.15) is 5.26 Å². The summed E-state index contributed by atoms with van der Waals surface area (Å²) < 4.78 is 25.1. The Morgan fingerprint density at radius 2 is 2.15 bits per heavy atom. The van der Waals surface area contributed by atoms with E-state index >= 15 is 0 Å². The highest BCUT2D eigenvalue weighted by molar-refractivity contribution is 7.91. The fourth-order valence-electron chi connectivity index (χ4n) is 2.72. The fourth-order valence-corrected chi connectivity index (χ4v) is 4.49. The predicted octanol–water partition coefficient (Wildman–Crippen LogP) is 0.433. The second-order valence-electron chi connectivity index (χ2n) is 4.93. The molecule has 1 aliphatic rings. The van der Waals surface area contributed by atoms with Crippen LogP contribution in [-0.2, 0) is 16.3 Å². The van der Waals surface area contributed by atoms with Crippen LogP contribution in [0.5, 0.6) is 0 Å².